The fourth-order valence-corrected chi connectivity index (χ4v) is 2.27. The van der Waals surface area contributed by atoms with E-state index in [2.05, 4.69) is 20.8 Å². The Bertz CT molecular complexity index is 139. The maximum atomic E-state index is 5.90. The van der Waals surface area contributed by atoms with Crippen LogP contribution in [-0.2, 0) is 4.74 Å². The Hall–Kier alpha value is 0.250. The van der Waals surface area contributed by atoms with Gasteiger partial charge >= 0.3 is 0 Å². The van der Waals surface area contributed by atoms with Crippen molar-refractivity contribution in [3.05, 3.63) is 0 Å². The highest BCUT2D eigenvalue weighted by Crippen LogP contribution is 2.34. The number of halogens is 1. The molecular formula is C10H19ClO. The van der Waals surface area contributed by atoms with Gasteiger partial charge in [-0.3, -0.25) is 0 Å². The zero-order valence-corrected chi connectivity index (χ0v) is 9.03. The molecule has 1 nitrogen and oxygen atoms in total. The Morgan fingerprint density at radius 1 is 1.42 bits per heavy atom. The van der Waals surface area contributed by atoms with Gasteiger partial charge in [-0.05, 0) is 24.2 Å². The van der Waals surface area contributed by atoms with E-state index in [1.54, 1.807) is 0 Å². The molecule has 1 fully saturated rings. The lowest BCUT2D eigenvalue weighted by atomic mass is 9.79. The minimum Gasteiger partial charge on any atom is -0.377 e. The van der Waals surface area contributed by atoms with Gasteiger partial charge in [0.15, 0.2) is 0 Å². The molecule has 1 heterocycles. The zero-order chi connectivity index (χ0) is 9.19. The molecule has 72 valence electrons. The van der Waals surface area contributed by atoms with Gasteiger partial charge in [-0.25, -0.2) is 0 Å². The Kier molecular flexibility index (Phi) is 3.42. The van der Waals surface area contributed by atoms with Crippen LogP contribution in [0.15, 0.2) is 0 Å². The van der Waals surface area contributed by atoms with E-state index in [1.165, 1.54) is 12.8 Å². The molecule has 1 aliphatic rings. The number of alkyl halides is 1. The molecule has 12 heavy (non-hydrogen) atoms. The maximum absolute atomic E-state index is 5.90. The largest absolute Gasteiger partial charge is 0.377 e. The first kappa shape index (κ1) is 10.3. The smallest absolute Gasteiger partial charge is 0.0662 e. The molecular weight excluding hydrogens is 172 g/mol. The van der Waals surface area contributed by atoms with Crippen molar-refractivity contribution in [3.8, 4) is 0 Å². The van der Waals surface area contributed by atoms with Crippen LogP contribution in [0.3, 0.4) is 0 Å². The number of rotatable bonds is 1. The molecule has 1 saturated heterocycles. The van der Waals surface area contributed by atoms with Gasteiger partial charge in [-0.1, -0.05) is 20.8 Å². The fourth-order valence-electron chi connectivity index (χ4n) is 1.96. The van der Waals surface area contributed by atoms with Crippen LogP contribution in [0.2, 0.25) is 0 Å². The highest BCUT2D eigenvalue weighted by Gasteiger charge is 2.34. The molecule has 0 bridgehead atoms. The van der Waals surface area contributed by atoms with E-state index in [0.29, 0.717) is 12.0 Å². The SMILES string of the molecule is CC(C)(C)C1OCCCC1CCl. The van der Waals surface area contributed by atoms with Gasteiger partial charge in [0.05, 0.1) is 6.10 Å². The minimum atomic E-state index is 0.236. The molecule has 2 heteroatoms. The lowest BCUT2D eigenvalue weighted by molar-refractivity contribution is -0.0789. The normalized spacial score (nSPS) is 32.0. The third-order valence-corrected chi connectivity index (χ3v) is 2.89. The highest BCUT2D eigenvalue weighted by molar-refractivity contribution is 6.18. The van der Waals surface area contributed by atoms with Crippen molar-refractivity contribution in [2.75, 3.05) is 12.5 Å². The van der Waals surface area contributed by atoms with Gasteiger partial charge in [0.1, 0.15) is 0 Å². The van der Waals surface area contributed by atoms with Crippen LogP contribution in [0.4, 0.5) is 0 Å². The fraction of sp³-hybridized carbons (Fsp3) is 1.00. The van der Waals surface area contributed by atoms with Crippen molar-refractivity contribution in [1.29, 1.82) is 0 Å². The summed E-state index contributed by atoms with van der Waals surface area (Å²) in [6.07, 6.45) is 2.75. The molecule has 0 aliphatic carbocycles. The number of hydrogen-bond donors (Lipinski definition) is 0. The summed E-state index contributed by atoms with van der Waals surface area (Å²) < 4.78 is 5.76. The zero-order valence-electron chi connectivity index (χ0n) is 8.27. The van der Waals surface area contributed by atoms with Crippen LogP contribution in [0, 0.1) is 11.3 Å². The van der Waals surface area contributed by atoms with Crippen LogP contribution in [-0.4, -0.2) is 18.6 Å². The van der Waals surface area contributed by atoms with E-state index in [0.717, 1.165) is 12.5 Å². The second-order valence-electron chi connectivity index (χ2n) is 4.71. The minimum absolute atomic E-state index is 0.236. The first-order valence-corrected chi connectivity index (χ1v) is 5.26. The molecule has 0 spiro atoms. The lowest BCUT2D eigenvalue weighted by Crippen LogP contribution is -2.40. The molecule has 0 amide bonds. The summed E-state index contributed by atoms with van der Waals surface area (Å²) in [5, 5.41) is 0. The molecule has 1 rings (SSSR count). The molecule has 1 aliphatic heterocycles. The summed E-state index contributed by atoms with van der Waals surface area (Å²) in [4.78, 5) is 0. The Morgan fingerprint density at radius 2 is 2.08 bits per heavy atom. The van der Waals surface area contributed by atoms with E-state index in [9.17, 15) is 0 Å². The molecule has 0 aromatic rings. The predicted molar refractivity (Wildman–Crippen MR) is 52.6 cm³/mol. The van der Waals surface area contributed by atoms with Crippen molar-refractivity contribution in [2.45, 2.75) is 39.7 Å². The highest BCUT2D eigenvalue weighted by atomic mass is 35.5. The van der Waals surface area contributed by atoms with Crippen molar-refractivity contribution >= 4 is 11.6 Å². The Balaban J connectivity index is 2.59. The first-order valence-electron chi connectivity index (χ1n) is 4.73. The lowest BCUT2D eigenvalue weighted by Gasteiger charge is -2.39. The summed E-state index contributed by atoms with van der Waals surface area (Å²) in [5.41, 5.74) is 0.236. The van der Waals surface area contributed by atoms with Gasteiger partial charge in [0, 0.05) is 12.5 Å². The molecule has 0 saturated carbocycles. The van der Waals surface area contributed by atoms with Crippen molar-refractivity contribution < 1.29 is 4.74 Å². The van der Waals surface area contributed by atoms with E-state index in [1.807, 2.05) is 0 Å². The number of ether oxygens (including phenoxy) is 1. The quantitative estimate of drug-likeness (QED) is 0.578. The average molecular weight is 191 g/mol. The van der Waals surface area contributed by atoms with E-state index >= 15 is 0 Å². The Labute approximate surface area is 80.4 Å². The van der Waals surface area contributed by atoms with Crippen LogP contribution < -0.4 is 0 Å². The summed E-state index contributed by atoms with van der Waals surface area (Å²) in [6.45, 7) is 7.59. The van der Waals surface area contributed by atoms with Crippen LogP contribution in [0.1, 0.15) is 33.6 Å². The second-order valence-corrected chi connectivity index (χ2v) is 5.02. The summed E-state index contributed by atoms with van der Waals surface area (Å²) in [5.74, 6) is 1.29. The topological polar surface area (TPSA) is 9.23 Å². The van der Waals surface area contributed by atoms with Crippen LogP contribution >= 0.6 is 11.6 Å². The second kappa shape index (κ2) is 3.97. The first-order chi connectivity index (χ1) is 5.55. The van der Waals surface area contributed by atoms with Gasteiger partial charge in [0.25, 0.3) is 0 Å². The van der Waals surface area contributed by atoms with Gasteiger partial charge in [-0.15, -0.1) is 11.6 Å². The Morgan fingerprint density at radius 3 is 2.50 bits per heavy atom. The van der Waals surface area contributed by atoms with E-state index in [-0.39, 0.29) is 5.41 Å². The van der Waals surface area contributed by atoms with Gasteiger partial charge < -0.3 is 4.74 Å². The van der Waals surface area contributed by atoms with Crippen LogP contribution in [0.25, 0.3) is 0 Å². The molecule has 0 radical (unpaired) electrons. The third-order valence-electron chi connectivity index (χ3n) is 2.50. The van der Waals surface area contributed by atoms with Crippen molar-refractivity contribution in [2.24, 2.45) is 11.3 Å². The third kappa shape index (κ3) is 2.37. The molecule has 2 atom stereocenters. The van der Waals surface area contributed by atoms with E-state index < -0.39 is 0 Å². The standard InChI is InChI=1S/C10H19ClO/c1-10(2,3)9-8(7-11)5-4-6-12-9/h8-9H,4-7H2,1-3H3. The predicted octanol–water partition coefficient (Wildman–Crippen LogP) is 3.07. The number of hydrogen-bond acceptors (Lipinski definition) is 1. The molecule has 0 aromatic carbocycles. The molecule has 2 unspecified atom stereocenters. The van der Waals surface area contributed by atoms with Crippen molar-refractivity contribution in [3.63, 3.8) is 0 Å². The summed E-state index contributed by atoms with van der Waals surface area (Å²) >= 11 is 5.90. The molecule has 0 N–H and O–H groups in total. The van der Waals surface area contributed by atoms with E-state index in [4.69, 9.17) is 16.3 Å². The monoisotopic (exact) mass is 190 g/mol. The van der Waals surface area contributed by atoms with Crippen molar-refractivity contribution in [1.82, 2.24) is 0 Å². The maximum Gasteiger partial charge on any atom is 0.0662 e. The summed E-state index contributed by atoms with van der Waals surface area (Å²) in [7, 11) is 0. The average Bonchev–Trinajstić information content (AvgIpc) is 2.03. The molecule has 0 aromatic heterocycles. The van der Waals surface area contributed by atoms with Crippen LogP contribution in [0.5, 0.6) is 0 Å². The van der Waals surface area contributed by atoms with Gasteiger partial charge in [-0.2, -0.15) is 0 Å². The van der Waals surface area contributed by atoms with Gasteiger partial charge in [0.2, 0.25) is 0 Å². The summed E-state index contributed by atoms with van der Waals surface area (Å²) in [6, 6.07) is 0.